The van der Waals surface area contributed by atoms with Crippen molar-refractivity contribution in [2.75, 3.05) is 6.61 Å². The van der Waals surface area contributed by atoms with E-state index in [2.05, 4.69) is 5.16 Å². The molecule has 0 unspecified atom stereocenters. The molecule has 0 spiro atoms. The Morgan fingerprint density at radius 1 is 1.12 bits per heavy atom. The highest BCUT2D eigenvalue weighted by Gasteiger charge is 2.54. The van der Waals surface area contributed by atoms with E-state index in [4.69, 9.17) is 9.26 Å². The Morgan fingerprint density at radius 2 is 1.72 bits per heavy atom. The zero-order valence-electron chi connectivity index (χ0n) is 15.2. The van der Waals surface area contributed by atoms with Crippen molar-refractivity contribution in [2.45, 2.75) is 65.2 Å². The number of ether oxygens (including phenoxy) is 1. The van der Waals surface area contributed by atoms with Gasteiger partial charge in [-0.1, -0.05) is 5.16 Å². The van der Waals surface area contributed by atoms with Gasteiger partial charge in [0.1, 0.15) is 5.76 Å². The van der Waals surface area contributed by atoms with Gasteiger partial charge in [-0.05, 0) is 76.5 Å². The van der Waals surface area contributed by atoms with Crippen molar-refractivity contribution in [3.8, 4) is 0 Å². The van der Waals surface area contributed by atoms with Crippen molar-refractivity contribution in [1.82, 2.24) is 5.16 Å². The number of esters is 1. The summed E-state index contributed by atoms with van der Waals surface area (Å²) in [7, 11) is 0. The van der Waals surface area contributed by atoms with Crippen LogP contribution in [0.15, 0.2) is 4.52 Å². The number of aromatic nitrogens is 1. The van der Waals surface area contributed by atoms with Gasteiger partial charge in [0.15, 0.2) is 12.4 Å². The van der Waals surface area contributed by atoms with Gasteiger partial charge in [0, 0.05) is 17.4 Å². The number of rotatable bonds is 6. The molecule has 0 amide bonds. The zero-order chi connectivity index (χ0) is 17.6. The number of hydrogen-bond donors (Lipinski definition) is 0. The van der Waals surface area contributed by atoms with E-state index in [0.29, 0.717) is 6.42 Å². The van der Waals surface area contributed by atoms with Gasteiger partial charge in [-0.15, -0.1) is 0 Å². The molecule has 1 aromatic rings. The molecule has 4 fully saturated rings. The number of Topliss-reactive ketones (excluding diaryl/α,β-unsaturated/α-hetero) is 1. The zero-order valence-corrected chi connectivity index (χ0v) is 15.2. The highest BCUT2D eigenvalue weighted by atomic mass is 16.5. The van der Waals surface area contributed by atoms with Gasteiger partial charge >= 0.3 is 5.97 Å². The van der Waals surface area contributed by atoms with Crippen molar-refractivity contribution >= 4 is 11.8 Å². The van der Waals surface area contributed by atoms with Crippen LogP contribution in [0.5, 0.6) is 0 Å². The first kappa shape index (κ1) is 16.8. The summed E-state index contributed by atoms with van der Waals surface area (Å²) >= 11 is 0. The molecule has 25 heavy (non-hydrogen) atoms. The molecule has 0 N–H and O–H groups in total. The van der Waals surface area contributed by atoms with Crippen molar-refractivity contribution in [1.29, 1.82) is 0 Å². The summed E-state index contributed by atoms with van der Waals surface area (Å²) in [6.07, 6.45) is 7.80. The first-order valence-corrected chi connectivity index (χ1v) is 9.56. The summed E-state index contributed by atoms with van der Waals surface area (Å²) in [5.74, 6) is 2.78. The lowest BCUT2D eigenvalue weighted by Crippen LogP contribution is -2.51. The van der Waals surface area contributed by atoms with Crippen LogP contribution in [0.1, 0.15) is 62.0 Å². The molecule has 0 aromatic carbocycles. The van der Waals surface area contributed by atoms with Crippen LogP contribution in [-0.2, 0) is 20.7 Å². The summed E-state index contributed by atoms with van der Waals surface area (Å²) in [6.45, 7) is 3.66. The fourth-order valence-electron chi connectivity index (χ4n) is 5.91. The molecule has 0 aliphatic heterocycles. The molecule has 4 bridgehead atoms. The summed E-state index contributed by atoms with van der Waals surface area (Å²) in [6, 6.07) is 0. The van der Waals surface area contributed by atoms with E-state index >= 15 is 0 Å². The second-order valence-corrected chi connectivity index (χ2v) is 8.58. The first-order chi connectivity index (χ1) is 11.9. The van der Waals surface area contributed by atoms with Crippen molar-refractivity contribution in [3.63, 3.8) is 0 Å². The highest BCUT2D eigenvalue weighted by molar-refractivity contribution is 5.88. The molecule has 136 valence electrons. The van der Waals surface area contributed by atoms with E-state index in [1.54, 1.807) is 0 Å². The van der Waals surface area contributed by atoms with E-state index < -0.39 is 0 Å². The predicted molar refractivity (Wildman–Crippen MR) is 90.9 cm³/mol. The molecule has 0 saturated heterocycles. The summed E-state index contributed by atoms with van der Waals surface area (Å²) in [5.41, 5.74) is 1.59. The van der Waals surface area contributed by atoms with Crippen molar-refractivity contribution in [3.05, 3.63) is 17.0 Å². The largest absolute Gasteiger partial charge is 0.458 e. The van der Waals surface area contributed by atoms with Crippen molar-refractivity contribution < 1.29 is 18.8 Å². The van der Waals surface area contributed by atoms with Gasteiger partial charge in [0.05, 0.1) is 5.69 Å². The highest BCUT2D eigenvalue weighted by Crippen LogP contribution is 2.60. The predicted octanol–water partition coefficient (Wildman–Crippen LogP) is 3.55. The monoisotopic (exact) mass is 345 g/mol. The summed E-state index contributed by atoms with van der Waals surface area (Å²) < 4.78 is 10.4. The number of carbonyl (C=O) groups excluding carboxylic acids is 2. The molecular formula is C20H27NO4. The number of hydrogen-bond acceptors (Lipinski definition) is 5. The van der Waals surface area contributed by atoms with Gasteiger partial charge in [-0.25, -0.2) is 0 Å². The lowest BCUT2D eigenvalue weighted by atomic mass is 9.48. The number of carbonyl (C=O) groups is 2. The van der Waals surface area contributed by atoms with Crippen LogP contribution in [0.4, 0.5) is 0 Å². The fourth-order valence-corrected chi connectivity index (χ4v) is 5.91. The molecular weight excluding hydrogens is 318 g/mol. The standard InChI is InChI=1S/C20H27NO4/c1-12-17(13(2)25-21-12)3-4-19(23)24-11-18(22)20-8-14-5-15(9-20)7-16(6-14)10-20/h14-16H,3-11H2,1-2H3. The Hall–Kier alpha value is -1.65. The maximum atomic E-state index is 12.8. The minimum absolute atomic E-state index is 0.0490. The van der Waals surface area contributed by atoms with Gasteiger partial charge in [-0.2, -0.15) is 0 Å². The third-order valence-corrected chi connectivity index (χ3v) is 6.75. The van der Waals surface area contributed by atoms with Crippen LogP contribution in [0.2, 0.25) is 0 Å². The Balaban J connectivity index is 1.29. The van der Waals surface area contributed by atoms with Crippen LogP contribution in [0.3, 0.4) is 0 Å². The number of aryl methyl sites for hydroxylation is 2. The second kappa shape index (κ2) is 6.26. The van der Waals surface area contributed by atoms with E-state index in [1.165, 1.54) is 19.3 Å². The van der Waals surface area contributed by atoms with Crippen LogP contribution < -0.4 is 0 Å². The summed E-state index contributed by atoms with van der Waals surface area (Å²) in [4.78, 5) is 24.9. The third-order valence-electron chi connectivity index (χ3n) is 6.75. The first-order valence-electron chi connectivity index (χ1n) is 9.56. The molecule has 5 heteroatoms. The van der Waals surface area contributed by atoms with Crippen LogP contribution in [-0.4, -0.2) is 23.5 Å². The maximum absolute atomic E-state index is 12.8. The third kappa shape index (κ3) is 3.13. The minimum Gasteiger partial charge on any atom is -0.458 e. The normalized spacial score (nSPS) is 32.8. The van der Waals surface area contributed by atoms with Gasteiger partial charge in [0.2, 0.25) is 0 Å². The smallest absolute Gasteiger partial charge is 0.306 e. The van der Waals surface area contributed by atoms with E-state index in [0.717, 1.165) is 54.0 Å². The van der Waals surface area contributed by atoms with Crippen LogP contribution in [0, 0.1) is 37.0 Å². The fraction of sp³-hybridized carbons (Fsp3) is 0.750. The molecule has 1 aromatic heterocycles. The quantitative estimate of drug-likeness (QED) is 0.738. The molecule has 5 rings (SSSR count). The Bertz CT molecular complexity index is 635. The second-order valence-electron chi connectivity index (χ2n) is 8.58. The van der Waals surface area contributed by atoms with E-state index in [-0.39, 0.29) is 30.2 Å². The SMILES string of the molecule is Cc1noc(C)c1CCC(=O)OCC(=O)C12CC3CC(CC(C3)C1)C2. The molecule has 0 atom stereocenters. The Kier molecular flexibility index (Phi) is 4.20. The topological polar surface area (TPSA) is 69.4 Å². The number of nitrogens with zero attached hydrogens (tertiary/aromatic N) is 1. The van der Waals surface area contributed by atoms with E-state index in [9.17, 15) is 9.59 Å². The van der Waals surface area contributed by atoms with Gasteiger partial charge in [-0.3, -0.25) is 9.59 Å². The molecule has 4 aliphatic carbocycles. The molecule has 4 saturated carbocycles. The lowest BCUT2D eigenvalue weighted by Gasteiger charge is -2.55. The molecule has 0 radical (unpaired) electrons. The van der Waals surface area contributed by atoms with Crippen LogP contribution in [0.25, 0.3) is 0 Å². The average Bonchev–Trinajstić information content (AvgIpc) is 2.87. The van der Waals surface area contributed by atoms with Crippen molar-refractivity contribution in [2.24, 2.45) is 23.2 Å². The van der Waals surface area contributed by atoms with Crippen LogP contribution >= 0.6 is 0 Å². The molecule has 5 nitrogen and oxygen atoms in total. The average molecular weight is 345 g/mol. The Labute approximate surface area is 148 Å². The van der Waals surface area contributed by atoms with Gasteiger partial charge in [0.25, 0.3) is 0 Å². The van der Waals surface area contributed by atoms with E-state index in [1.807, 2.05) is 13.8 Å². The molecule has 4 aliphatic rings. The maximum Gasteiger partial charge on any atom is 0.306 e. The minimum atomic E-state index is -0.307. The number of ketones is 1. The Morgan fingerprint density at radius 3 is 2.24 bits per heavy atom. The molecule has 1 heterocycles. The lowest BCUT2D eigenvalue weighted by molar-refractivity contribution is -0.157. The summed E-state index contributed by atoms with van der Waals surface area (Å²) in [5, 5.41) is 3.89. The van der Waals surface area contributed by atoms with Gasteiger partial charge < -0.3 is 9.26 Å².